The fraction of sp³-hybridized carbons (Fsp3) is 0.208. The average molecular weight is 551 g/mol. The fourth-order valence-corrected chi connectivity index (χ4v) is 3.15. The van der Waals surface area contributed by atoms with Crippen LogP contribution in [0.4, 0.5) is 35.2 Å². The highest BCUT2D eigenvalue weighted by atomic mass is 79.9. The molecule has 184 valence electrons. The smallest absolute Gasteiger partial charge is 0.404 e. The van der Waals surface area contributed by atoms with Crippen molar-refractivity contribution >= 4 is 45.1 Å². The molecule has 35 heavy (non-hydrogen) atoms. The first kappa shape index (κ1) is 26.0. The summed E-state index contributed by atoms with van der Waals surface area (Å²) in [5, 5.41) is 7.66. The van der Waals surface area contributed by atoms with Gasteiger partial charge in [0.05, 0.1) is 5.69 Å². The second-order valence-electron chi connectivity index (χ2n) is 8.48. The number of nitrogens with one attached hydrogen (secondary N) is 3. The van der Waals surface area contributed by atoms with Gasteiger partial charge in [-0.15, -0.1) is 13.2 Å². The SMILES string of the molecule is CC(C)(C)C(=O)Nc1ccc(-c2ccc(NC(=O)Nc3cc(Br)ccc3OC(F)(F)F)cc2)cn1. The van der Waals surface area contributed by atoms with Gasteiger partial charge in [-0.05, 0) is 48.0 Å². The summed E-state index contributed by atoms with van der Waals surface area (Å²) in [7, 11) is 0. The van der Waals surface area contributed by atoms with Gasteiger partial charge < -0.3 is 20.7 Å². The quantitative estimate of drug-likeness (QED) is 0.317. The number of anilines is 3. The monoisotopic (exact) mass is 550 g/mol. The number of carbonyl (C=O) groups excluding carboxylic acids is 2. The van der Waals surface area contributed by atoms with E-state index < -0.39 is 23.6 Å². The molecule has 3 rings (SSSR count). The van der Waals surface area contributed by atoms with Crippen LogP contribution in [0.25, 0.3) is 11.1 Å². The number of hydrogen-bond donors (Lipinski definition) is 3. The molecule has 0 aliphatic heterocycles. The minimum Gasteiger partial charge on any atom is -0.404 e. The van der Waals surface area contributed by atoms with Crippen molar-refractivity contribution in [3.05, 3.63) is 65.3 Å². The zero-order chi connectivity index (χ0) is 25.8. The molecule has 0 fully saturated rings. The molecular weight excluding hydrogens is 529 g/mol. The van der Waals surface area contributed by atoms with E-state index >= 15 is 0 Å². The molecule has 0 atom stereocenters. The van der Waals surface area contributed by atoms with Crippen molar-refractivity contribution in [2.75, 3.05) is 16.0 Å². The lowest BCUT2D eigenvalue weighted by molar-refractivity contribution is -0.274. The maximum Gasteiger partial charge on any atom is 0.573 e. The maximum absolute atomic E-state index is 12.6. The number of rotatable bonds is 5. The summed E-state index contributed by atoms with van der Waals surface area (Å²) in [5.74, 6) is -0.253. The number of hydrogen-bond acceptors (Lipinski definition) is 4. The third kappa shape index (κ3) is 7.71. The first-order valence-electron chi connectivity index (χ1n) is 10.3. The molecule has 0 saturated carbocycles. The number of pyridine rings is 1. The molecule has 7 nitrogen and oxygen atoms in total. The summed E-state index contributed by atoms with van der Waals surface area (Å²) in [6, 6.07) is 13.3. The van der Waals surface area contributed by atoms with Gasteiger partial charge in [-0.1, -0.05) is 48.8 Å². The summed E-state index contributed by atoms with van der Waals surface area (Å²) >= 11 is 3.15. The Bertz CT molecular complexity index is 1210. The summed E-state index contributed by atoms with van der Waals surface area (Å²) < 4.78 is 42.3. The lowest BCUT2D eigenvalue weighted by Crippen LogP contribution is -2.27. The molecule has 0 radical (unpaired) electrons. The van der Waals surface area contributed by atoms with Gasteiger partial charge in [-0.3, -0.25) is 4.79 Å². The van der Waals surface area contributed by atoms with Gasteiger partial charge in [0, 0.05) is 27.3 Å². The van der Waals surface area contributed by atoms with E-state index in [4.69, 9.17) is 0 Å². The van der Waals surface area contributed by atoms with E-state index in [-0.39, 0.29) is 11.6 Å². The topological polar surface area (TPSA) is 92.4 Å². The van der Waals surface area contributed by atoms with Crippen molar-refractivity contribution < 1.29 is 27.5 Å². The number of alkyl halides is 3. The molecule has 11 heteroatoms. The molecule has 0 saturated heterocycles. The van der Waals surface area contributed by atoms with Gasteiger partial charge in [0.1, 0.15) is 5.82 Å². The van der Waals surface area contributed by atoms with E-state index in [1.807, 2.05) is 0 Å². The highest BCUT2D eigenvalue weighted by Crippen LogP contribution is 2.33. The molecule has 0 aliphatic carbocycles. The summed E-state index contributed by atoms with van der Waals surface area (Å²) in [4.78, 5) is 28.7. The molecule has 1 aromatic heterocycles. The number of carbonyl (C=O) groups is 2. The second kappa shape index (κ2) is 10.3. The lowest BCUT2D eigenvalue weighted by atomic mass is 9.96. The third-order valence-electron chi connectivity index (χ3n) is 4.58. The van der Waals surface area contributed by atoms with E-state index in [0.717, 1.165) is 17.2 Å². The molecule has 2 aromatic carbocycles. The summed E-state index contributed by atoms with van der Waals surface area (Å²) in [5.41, 5.74) is 1.32. The number of urea groups is 1. The van der Waals surface area contributed by atoms with Gasteiger partial charge in [0.15, 0.2) is 5.75 Å². The minimum absolute atomic E-state index is 0.147. The van der Waals surface area contributed by atoms with Gasteiger partial charge in [-0.2, -0.15) is 0 Å². The van der Waals surface area contributed by atoms with Crippen LogP contribution in [0.15, 0.2) is 65.3 Å². The zero-order valence-electron chi connectivity index (χ0n) is 19.0. The minimum atomic E-state index is -4.90. The Labute approximate surface area is 208 Å². The van der Waals surface area contributed by atoms with Gasteiger partial charge in [0.2, 0.25) is 5.91 Å². The highest BCUT2D eigenvalue weighted by molar-refractivity contribution is 9.10. The van der Waals surface area contributed by atoms with E-state index in [1.54, 1.807) is 63.4 Å². The fourth-order valence-electron chi connectivity index (χ4n) is 2.79. The van der Waals surface area contributed by atoms with E-state index in [1.165, 1.54) is 12.1 Å². The molecular formula is C24H22BrF3N4O3. The maximum atomic E-state index is 12.6. The standard InChI is InChI=1S/C24H22BrF3N4O3/c1-23(2,3)21(33)32-20-11-6-15(13-29-20)14-4-8-17(9-5-14)30-22(34)31-18-12-16(25)7-10-19(18)35-24(26,27)28/h4-13H,1-3H3,(H,29,32,33)(H2,30,31,34). The Morgan fingerprint density at radius 3 is 2.11 bits per heavy atom. The molecule has 3 amide bonds. The van der Waals surface area contributed by atoms with Crippen molar-refractivity contribution in [2.45, 2.75) is 27.1 Å². The molecule has 3 N–H and O–H groups in total. The van der Waals surface area contributed by atoms with Crippen LogP contribution < -0.4 is 20.7 Å². The van der Waals surface area contributed by atoms with Crippen LogP contribution in [0, 0.1) is 5.41 Å². The molecule has 0 aliphatic rings. The van der Waals surface area contributed by atoms with E-state index in [9.17, 15) is 22.8 Å². The van der Waals surface area contributed by atoms with Crippen molar-refractivity contribution in [1.82, 2.24) is 4.98 Å². The van der Waals surface area contributed by atoms with Crippen LogP contribution in [-0.4, -0.2) is 23.3 Å². The Balaban J connectivity index is 1.64. The van der Waals surface area contributed by atoms with Crippen LogP contribution in [0.3, 0.4) is 0 Å². The van der Waals surface area contributed by atoms with Gasteiger partial charge in [-0.25, -0.2) is 9.78 Å². The van der Waals surface area contributed by atoms with Crippen molar-refractivity contribution in [2.24, 2.45) is 5.41 Å². The summed E-state index contributed by atoms with van der Waals surface area (Å²) in [6.45, 7) is 5.42. The number of aromatic nitrogens is 1. The number of nitrogens with zero attached hydrogens (tertiary/aromatic N) is 1. The van der Waals surface area contributed by atoms with Crippen molar-refractivity contribution in [3.8, 4) is 16.9 Å². The van der Waals surface area contributed by atoms with Crippen molar-refractivity contribution in [1.29, 1.82) is 0 Å². The third-order valence-corrected chi connectivity index (χ3v) is 5.07. The largest absolute Gasteiger partial charge is 0.573 e. The summed E-state index contributed by atoms with van der Waals surface area (Å²) in [6.07, 6.45) is -3.29. The molecule has 3 aromatic rings. The number of ether oxygens (including phenoxy) is 1. The lowest BCUT2D eigenvalue weighted by Gasteiger charge is -2.17. The van der Waals surface area contributed by atoms with Crippen LogP contribution in [-0.2, 0) is 4.79 Å². The van der Waals surface area contributed by atoms with Crippen LogP contribution in [0.5, 0.6) is 5.75 Å². The normalized spacial score (nSPS) is 11.5. The predicted octanol–water partition coefficient (Wildman–Crippen LogP) is 7.04. The Hall–Kier alpha value is -3.60. The molecule has 0 bridgehead atoms. The van der Waals surface area contributed by atoms with Gasteiger partial charge in [0.25, 0.3) is 0 Å². The van der Waals surface area contributed by atoms with Crippen LogP contribution in [0.1, 0.15) is 20.8 Å². The zero-order valence-corrected chi connectivity index (χ0v) is 20.5. The highest BCUT2D eigenvalue weighted by Gasteiger charge is 2.32. The number of amides is 3. The Morgan fingerprint density at radius 1 is 0.886 bits per heavy atom. The molecule has 0 unspecified atom stereocenters. The predicted molar refractivity (Wildman–Crippen MR) is 131 cm³/mol. The van der Waals surface area contributed by atoms with E-state index in [2.05, 4.69) is 41.6 Å². The van der Waals surface area contributed by atoms with Crippen LogP contribution in [0.2, 0.25) is 0 Å². The first-order chi connectivity index (χ1) is 16.3. The number of halogens is 4. The second-order valence-corrected chi connectivity index (χ2v) is 9.40. The van der Waals surface area contributed by atoms with E-state index in [0.29, 0.717) is 16.0 Å². The van der Waals surface area contributed by atoms with Crippen LogP contribution >= 0.6 is 15.9 Å². The molecule has 0 spiro atoms. The van der Waals surface area contributed by atoms with Gasteiger partial charge >= 0.3 is 12.4 Å². The number of benzene rings is 2. The molecule has 1 heterocycles. The average Bonchev–Trinajstić information content (AvgIpc) is 2.75. The Kier molecular flexibility index (Phi) is 7.69. The Morgan fingerprint density at radius 2 is 1.54 bits per heavy atom. The van der Waals surface area contributed by atoms with Crippen molar-refractivity contribution in [3.63, 3.8) is 0 Å². The first-order valence-corrected chi connectivity index (χ1v) is 11.1.